The Bertz CT molecular complexity index is 1300. The lowest BCUT2D eigenvalue weighted by Gasteiger charge is -2.33. The van der Waals surface area contributed by atoms with Gasteiger partial charge in [0.05, 0.1) is 32.7 Å². The highest BCUT2D eigenvalue weighted by Crippen LogP contribution is 2.57. The van der Waals surface area contributed by atoms with Crippen molar-refractivity contribution in [3.63, 3.8) is 0 Å². The van der Waals surface area contributed by atoms with Gasteiger partial charge in [0.1, 0.15) is 5.30 Å². The summed E-state index contributed by atoms with van der Waals surface area (Å²) in [4.78, 5) is 4.88. The minimum Gasteiger partial charge on any atom is -0.493 e. The van der Waals surface area contributed by atoms with Crippen LogP contribution in [0.25, 0.3) is 5.69 Å². The van der Waals surface area contributed by atoms with E-state index in [-0.39, 0.29) is 5.90 Å². The zero-order valence-electron chi connectivity index (χ0n) is 21.1. The van der Waals surface area contributed by atoms with E-state index in [1.54, 1.807) is 38.1 Å². The Balaban J connectivity index is 1.73. The molecule has 190 valence electrons. The molecule has 1 aromatic heterocycles. The smallest absolute Gasteiger partial charge is 0.356 e. The maximum Gasteiger partial charge on any atom is 0.356 e. The highest BCUT2D eigenvalue weighted by molar-refractivity contribution is 7.65. The molecule has 0 bridgehead atoms. The first-order chi connectivity index (χ1) is 17.5. The minimum absolute atomic E-state index is 0.228. The molecule has 3 aromatic rings. The molecule has 0 saturated carbocycles. The second kappa shape index (κ2) is 9.99. The first-order valence-electron chi connectivity index (χ1n) is 12.1. The van der Waals surface area contributed by atoms with Gasteiger partial charge in [-0.15, -0.1) is 0 Å². The SMILES string of the molecule is COc1cc(C2=Nc3c(c(C)nn3-c3ccccc3)[P@@](=O)(N3CCCCCC3)O2)cc(OC)c1OC. The Morgan fingerprint density at radius 3 is 2.14 bits per heavy atom. The van der Waals surface area contributed by atoms with E-state index in [2.05, 4.69) is 0 Å². The summed E-state index contributed by atoms with van der Waals surface area (Å²) in [5, 5.41) is 5.32. The van der Waals surface area contributed by atoms with Crippen LogP contribution in [-0.4, -0.2) is 54.8 Å². The number of benzene rings is 2. The number of rotatable bonds is 6. The van der Waals surface area contributed by atoms with Crippen LogP contribution < -0.4 is 19.5 Å². The van der Waals surface area contributed by atoms with Crippen molar-refractivity contribution in [3.05, 3.63) is 53.7 Å². The van der Waals surface area contributed by atoms with E-state index in [0.29, 0.717) is 52.7 Å². The summed E-state index contributed by atoms with van der Waals surface area (Å²) in [6.45, 7) is 3.25. The van der Waals surface area contributed by atoms with Crippen LogP contribution in [0.2, 0.25) is 0 Å². The molecule has 0 N–H and O–H groups in total. The third kappa shape index (κ3) is 4.16. The van der Waals surface area contributed by atoms with Crippen LogP contribution in [0.1, 0.15) is 36.9 Å². The molecule has 1 saturated heterocycles. The van der Waals surface area contributed by atoms with Crippen molar-refractivity contribution in [2.75, 3.05) is 34.4 Å². The van der Waals surface area contributed by atoms with Crippen LogP contribution in [0.3, 0.4) is 0 Å². The first-order valence-corrected chi connectivity index (χ1v) is 13.7. The average Bonchev–Trinajstić information content (AvgIpc) is 3.07. The Hall–Kier alpha value is -3.29. The van der Waals surface area contributed by atoms with Gasteiger partial charge in [0.25, 0.3) is 0 Å². The van der Waals surface area contributed by atoms with E-state index in [4.69, 9.17) is 28.8 Å². The molecule has 9 nitrogen and oxygen atoms in total. The Morgan fingerprint density at radius 1 is 0.917 bits per heavy atom. The molecule has 0 amide bonds. The number of aromatic nitrogens is 2. The fourth-order valence-electron chi connectivity index (χ4n) is 4.80. The van der Waals surface area contributed by atoms with Gasteiger partial charge in [0.2, 0.25) is 11.6 Å². The van der Waals surface area contributed by atoms with E-state index in [1.807, 2.05) is 41.9 Å². The monoisotopic (exact) mass is 510 g/mol. The van der Waals surface area contributed by atoms with Gasteiger partial charge in [0.15, 0.2) is 17.3 Å². The van der Waals surface area contributed by atoms with Gasteiger partial charge in [-0.1, -0.05) is 31.0 Å². The quantitative estimate of drug-likeness (QED) is 0.431. The van der Waals surface area contributed by atoms with Gasteiger partial charge in [-0.05, 0) is 44.0 Å². The van der Waals surface area contributed by atoms with Crippen molar-refractivity contribution in [1.82, 2.24) is 14.5 Å². The summed E-state index contributed by atoms with van der Waals surface area (Å²) < 4.78 is 41.7. The van der Waals surface area contributed by atoms with E-state index >= 15 is 0 Å². The predicted octanol–water partition coefficient (Wildman–Crippen LogP) is 5.01. The highest BCUT2D eigenvalue weighted by atomic mass is 31.2. The zero-order valence-corrected chi connectivity index (χ0v) is 22.0. The van der Waals surface area contributed by atoms with E-state index in [0.717, 1.165) is 31.4 Å². The van der Waals surface area contributed by atoms with Gasteiger partial charge in [-0.2, -0.15) is 10.1 Å². The fraction of sp³-hybridized carbons (Fsp3) is 0.385. The minimum atomic E-state index is -3.53. The van der Waals surface area contributed by atoms with Gasteiger partial charge in [-0.3, -0.25) is 4.57 Å². The van der Waals surface area contributed by atoms with Crippen molar-refractivity contribution in [3.8, 4) is 22.9 Å². The summed E-state index contributed by atoms with van der Waals surface area (Å²) >= 11 is 0. The number of aliphatic imine (C=N–C) groups is 1. The Morgan fingerprint density at radius 2 is 1.56 bits per heavy atom. The molecule has 36 heavy (non-hydrogen) atoms. The molecule has 5 rings (SSSR count). The molecule has 0 unspecified atom stereocenters. The topological polar surface area (TPSA) is 87.4 Å². The molecule has 2 aliphatic rings. The number of ether oxygens (including phenoxy) is 3. The maximum absolute atomic E-state index is 14.9. The average molecular weight is 511 g/mol. The molecular formula is C26H31N4O5P. The van der Waals surface area contributed by atoms with Gasteiger partial charge in [-0.25, -0.2) is 9.35 Å². The number of nitrogens with zero attached hydrogens (tertiary/aromatic N) is 4. The molecule has 1 fully saturated rings. The molecule has 0 radical (unpaired) electrons. The molecule has 2 aromatic carbocycles. The van der Waals surface area contributed by atoms with E-state index < -0.39 is 7.52 Å². The Labute approximate surface area is 211 Å². The van der Waals surface area contributed by atoms with E-state index in [9.17, 15) is 4.57 Å². The van der Waals surface area contributed by atoms with Crippen LogP contribution in [0.5, 0.6) is 17.2 Å². The number of methoxy groups -OCH3 is 3. The fourth-order valence-corrected chi connectivity index (χ4v) is 7.34. The van der Waals surface area contributed by atoms with Crippen LogP contribution in [0.4, 0.5) is 5.82 Å². The second-order valence-corrected chi connectivity index (χ2v) is 11.1. The van der Waals surface area contributed by atoms with Crippen LogP contribution in [0, 0.1) is 6.92 Å². The van der Waals surface area contributed by atoms with Crippen LogP contribution in [0.15, 0.2) is 47.5 Å². The molecule has 0 aliphatic carbocycles. The predicted molar refractivity (Wildman–Crippen MR) is 139 cm³/mol. The van der Waals surface area contributed by atoms with Crippen molar-refractivity contribution in [1.29, 1.82) is 0 Å². The number of hydrogen-bond acceptors (Lipinski definition) is 7. The first kappa shape index (κ1) is 24.4. The number of para-hydroxylation sites is 1. The molecular weight excluding hydrogens is 479 g/mol. The third-order valence-electron chi connectivity index (χ3n) is 6.57. The molecule has 3 heterocycles. The Kier molecular flexibility index (Phi) is 6.77. The highest BCUT2D eigenvalue weighted by Gasteiger charge is 2.46. The third-order valence-corrected chi connectivity index (χ3v) is 9.23. The standard InChI is InChI=1S/C26H31N4O5P/c1-18-24-25(30(28-18)20-12-8-7-9-13-20)27-26(35-36(24,31)29-14-10-5-6-11-15-29)19-16-21(32-2)23(34-4)22(17-19)33-3/h7-9,12-13,16-17H,5-6,10-11,14-15H2,1-4H3/t36-/m0/s1. The largest absolute Gasteiger partial charge is 0.493 e. The summed E-state index contributed by atoms with van der Waals surface area (Å²) in [5.74, 6) is 2.12. The van der Waals surface area contributed by atoms with E-state index in [1.165, 1.54) is 0 Å². The van der Waals surface area contributed by atoms with Crippen molar-refractivity contribution in [2.45, 2.75) is 32.6 Å². The lowest BCUT2D eigenvalue weighted by atomic mass is 10.1. The van der Waals surface area contributed by atoms with Gasteiger partial charge in [0, 0.05) is 18.7 Å². The van der Waals surface area contributed by atoms with Crippen molar-refractivity contribution in [2.24, 2.45) is 4.99 Å². The normalized spacial score (nSPS) is 20.1. The molecule has 10 heteroatoms. The van der Waals surface area contributed by atoms with Gasteiger partial charge < -0.3 is 18.7 Å². The summed E-state index contributed by atoms with van der Waals surface area (Å²) in [7, 11) is 1.13. The lowest BCUT2D eigenvalue weighted by molar-refractivity contribution is 0.324. The zero-order chi connectivity index (χ0) is 25.3. The van der Waals surface area contributed by atoms with Crippen molar-refractivity contribution >= 4 is 24.5 Å². The van der Waals surface area contributed by atoms with Crippen LogP contribution >= 0.6 is 7.52 Å². The number of aryl methyl sites for hydroxylation is 1. The maximum atomic E-state index is 14.9. The molecule has 1 atom stereocenters. The van der Waals surface area contributed by atoms with Crippen LogP contribution in [-0.2, 0) is 9.09 Å². The molecule has 0 spiro atoms. The summed E-state index contributed by atoms with van der Waals surface area (Å²) in [6.07, 6.45) is 4.15. The summed E-state index contributed by atoms with van der Waals surface area (Å²) in [5.41, 5.74) is 2.05. The van der Waals surface area contributed by atoms with Crippen molar-refractivity contribution < 1.29 is 23.3 Å². The number of hydrogen-bond donors (Lipinski definition) is 0. The second-order valence-electron chi connectivity index (χ2n) is 8.82. The number of fused-ring (bicyclic) bond motifs is 1. The molecule has 2 aliphatic heterocycles. The lowest BCUT2D eigenvalue weighted by Crippen LogP contribution is -2.33. The van der Waals surface area contributed by atoms with Gasteiger partial charge >= 0.3 is 7.52 Å². The summed E-state index contributed by atoms with van der Waals surface area (Å²) in [6, 6.07) is 13.2.